The minimum atomic E-state index is 1.04. The lowest BCUT2D eigenvalue weighted by Gasteiger charge is -2.00. The molecule has 0 bridgehead atoms. The summed E-state index contributed by atoms with van der Waals surface area (Å²) >= 11 is 0. The Morgan fingerprint density at radius 1 is 1.00 bits per heavy atom. The third-order valence-electron chi connectivity index (χ3n) is 3.45. The van der Waals surface area contributed by atoms with Gasteiger partial charge in [0.2, 0.25) is 0 Å². The summed E-state index contributed by atoms with van der Waals surface area (Å²) < 4.78 is 2.16. The van der Waals surface area contributed by atoms with Crippen molar-refractivity contribution in [1.29, 1.82) is 0 Å². The van der Waals surface area contributed by atoms with Crippen LogP contribution in [-0.2, 0) is 0 Å². The maximum Gasteiger partial charge on any atom is 0.145 e. The molecule has 86 valence electrons. The van der Waals surface area contributed by atoms with E-state index in [9.17, 15) is 0 Å². The van der Waals surface area contributed by atoms with Gasteiger partial charge in [-0.3, -0.25) is 4.40 Å². The molecule has 4 aromatic rings. The van der Waals surface area contributed by atoms with Gasteiger partial charge in [-0.2, -0.15) is 0 Å². The maximum absolute atomic E-state index is 4.77. The van der Waals surface area contributed by atoms with Crippen LogP contribution in [0.4, 0.5) is 0 Å². The SMILES string of the molecule is Cc1ccc2c(c1)nc1c3ccccc3ccn21. The van der Waals surface area contributed by atoms with Crippen molar-refractivity contribution in [2.24, 2.45) is 0 Å². The van der Waals surface area contributed by atoms with E-state index in [1.54, 1.807) is 0 Å². The number of fused-ring (bicyclic) bond motifs is 5. The van der Waals surface area contributed by atoms with Crippen molar-refractivity contribution in [1.82, 2.24) is 9.38 Å². The van der Waals surface area contributed by atoms with Crippen LogP contribution in [-0.4, -0.2) is 9.38 Å². The summed E-state index contributed by atoms with van der Waals surface area (Å²) in [6, 6.07) is 16.9. The third-order valence-corrected chi connectivity index (χ3v) is 3.45. The summed E-state index contributed by atoms with van der Waals surface area (Å²) in [5, 5.41) is 2.44. The van der Waals surface area contributed by atoms with Gasteiger partial charge >= 0.3 is 0 Å². The lowest BCUT2D eigenvalue weighted by Crippen LogP contribution is -1.85. The fourth-order valence-corrected chi connectivity index (χ4v) is 2.55. The van der Waals surface area contributed by atoms with Crippen molar-refractivity contribution in [2.45, 2.75) is 6.92 Å². The minimum Gasteiger partial charge on any atom is -0.299 e. The molecule has 0 unspecified atom stereocenters. The molecule has 2 heterocycles. The predicted molar refractivity (Wildman–Crippen MR) is 74.9 cm³/mol. The van der Waals surface area contributed by atoms with Crippen LogP contribution in [0.3, 0.4) is 0 Å². The number of imidazole rings is 1. The molecule has 0 aliphatic heterocycles. The highest BCUT2D eigenvalue weighted by Gasteiger charge is 2.07. The smallest absolute Gasteiger partial charge is 0.145 e. The second-order valence-electron chi connectivity index (χ2n) is 4.70. The number of aryl methyl sites for hydroxylation is 1. The second kappa shape index (κ2) is 3.33. The van der Waals surface area contributed by atoms with E-state index in [1.165, 1.54) is 21.9 Å². The molecule has 2 nitrogen and oxygen atoms in total. The van der Waals surface area contributed by atoms with Gasteiger partial charge in [-0.15, -0.1) is 0 Å². The van der Waals surface area contributed by atoms with E-state index in [2.05, 4.69) is 66.1 Å². The zero-order chi connectivity index (χ0) is 12.1. The Bertz CT molecular complexity index is 887. The molecule has 0 saturated carbocycles. The first kappa shape index (κ1) is 9.66. The molecule has 0 saturated heterocycles. The summed E-state index contributed by atoms with van der Waals surface area (Å²) in [5.74, 6) is 0. The normalized spacial score (nSPS) is 11.6. The van der Waals surface area contributed by atoms with Gasteiger partial charge in [0.05, 0.1) is 11.0 Å². The quantitative estimate of drug-likeness (QED) is 0.448. The van der Waals surface area contributed by atoms with E-state index in [1.807, 2.05) is 0 Å². The van der Waals surface area contributed by atoms with Gasteiger partial charge in [0, 0.05) is 11.6 Å². The van der Waals surface area contributed by atoms with Crippen molar-refractivity contribution in [2.75, 3.05) is 0 Å². The van der Waals surface area contributed by atoms with E-state index in [0.717, 1.165) is 11.2 Å². The average Bonchev–Trinajstić information content (AvgIpc) is 2.76. The number of hydrogen-bond donors (Lipinski definition) is 0. The Hall–Kier alpha value is -2.35. The number of rotatable bonds is 0. The molecule has 18 heavy (non-hydrogen) atoms. The zero-order valence-electron chi connectivity index (χ0n) is 10.1. The number of aromatic nitrogens is 2. The van der Waals surface area contributed by atoms with Crippen molar-refractivity contribution < 1.29 is 0 Å². The van der Waals surface area contributed by atoms with Crippen molar-refractivity contribution in [3.63, 3.8) is 0 Å². The van der Waals surface area contributed by atoms with E-state index < -0.39 is 0 Å². The lowest BCUT2D eigenvalue weighted by atomic mass is 10.2. The van der Waals surface area contributed by atoms with Crippen LogP contribution in [0.1, 0.15) is 5.56 Å². The molecule has 2 aromatic carbocycles. The fourth-order valence-electron chi connectivity index (χ4n) is 2.55. The monoisotopic (exact) mass is 232 g/mol. The van der Waals surface area contributed by atoms with Crippen LogP contribution in [0.15, 0.2) is 54.7 Å². The van der Waals surface area contributed by atoms with E-state index in [0.29, 0.717) is 0 Å². The van der Waals surface area contributed by atoms with Crippen molar-refractivity contribution in [3.8, 4) is 0 Å². The molecule has 0 aliphatic rings. The van der Waals surface area contributed by atoms with Crippen LogP contribution in [0.25, 0.3) is 27.5 Å². The van der Waals surface area contributed by atoms with Crippen molar-refractivity contribution in [3.05, 3.63) is 60.3 Å². The molecule has 0 spiro atoms. The molecule has 4 rings (SSSR count). The first-order valence-electron chi connectivity index (χ1n) is 6.09. The zero-order valence-corrected chi connectivity index (χ0v) is 10.1. The van der Waals surface area contributed by atoms with Crippen molar-refractivity contribution >= 4 is 27.5 Å². The van der Waals surface area contributed by atoms with Crippen LogP contribution >= 0.6 is 0 Å². The van der Waals surface area contributed by atoms with Gasteiger partial charge in [0.1, 0.15) is 5.65 Å². The number of benzene rings is 2. The van der Waals surface area contributed by atoms with Gasteiger partial charge in [-0.05, 0) is 36.1 Å². The molecule has 2 aromatic heterocycles. The topological polar surface area (TPSA) is 17.3 Å². The second-order valence-corrected chi connectivity index (χ2v) is 4.70. The Kier molecular flexibility index (Phi) is 1.78. The van der Waals surface area contributed by atoms with Crippen LogP contribution < -0.4 is 0 Å². The van der Waals surface area contributed by atoms with Crippen LogP contribution in [0, 0.1) is 6.92 Å². The summed E-state index contributed by atoms with van der Waals surface area (Å²) in [6.45, 7) is 2.10. The molecule has 0 radical (unpaired) electrons. The minimum absolute atomic E-state index is 1.04. The summed E-state index contributed by atoms with van der Waals surface area (Å²) in [5.41, 5.74) is 4.51. The average molecular weight is 232 g/mol. The van der Waals surface area contributed by atoms with Crippen LogP contribution in [0.5, 0.6) is 0 Å². The van der Waals surface area contributed by atoms with Gasteiger partial charge in [0.15, 0.2) is 0 Å². The highest BCUT2D eigenvalue weighted by atomic mass is 15.0. The molecule has 0 amide bonds. The molecule has 0 aliphatic carbocycles. The lowest BCUT2D eigenvalue weighted by molar-refractivity contribution is 1.25. The number of hydrogen-bond acceptors (Lipinski definition) is 1. The highest BCUT2D eigenvalue weighted by Crippen LogP contribution is 2.24. The fraction of sp³-hybridized carbons (Fsp3) is 0.0625. The maximum atomic E-state index is 4.77. The summed E-state index contributed by atoms with van der Waals surface area (Å²) in [4.78, 5) is 4.77. The van der Waals surface area contributed by atoms with E-state index in [-0.39, 0.29) is 0 Å². The molecular formula is C16H12N2. The molecule has 0 N–H and O–H groups in total. The van der Waals surface area contributed by atoms with E-state index >= 15 is 0 Å². The Morgan fingerprint density at radius 3 is 2.83 bits per heavy atom. The summed E-state index contributed by atoms with van der Waals surface area (Å²) in [6.07, 6.45) is 2.10. The molecular weight excluding hydrogens is 220 g/mol. The first-order valence-corrected chi connectivity index (χ1v) is 6.09. The van der Waals surface area contributed by atoms with Gasteiger partial charge in [-0.1, -0.05) is 30.3 Å². The Morgan fingerprint density at radius 2 is 1.89 bits per heavy atom. The van der Waals surface area contributed by atoms with Gasteiger partial charge < -0.3 is 0 Å². The summed E-state index contributed by atoms with van der Waals surface area (Å²) in [7, 11) is 0. The predicted octanol–water partition coefficient (Wildman–Crippen LogP) is 3.95. The largest absolute Gasteiger partial charge is 0.299 e. The number of nitrogens with zero attached hydrogens (tertiary/aromatic N) is 2. The Balaban J connectivity index is 2.29. The Labute approximate surface area is 104 Å². The first-order chi connectivity index (χ1) is 8.83. The molecule has 2 heteroatoms. The standard InChI is InChI=1S/C16H12N2/c1-11-6-7-15-14(10-11)17-16-13-5-3-2-4-12(13)8-9-18(15)16/h2-10H,1H3. The van der Waals surface area contributed by atoms with E-state index in [4.69, 9.17) is 4.98 Å². The van der Waals surface area contributed by atoms with Gasteiger partial charge in [-0.25, -0.2) is 4.98 Å². The number of pyridine rings is 1. The molecule has 0 atom stereocenters. The van der Waals surface area contributed by atoms with Crippen LogP contribution in [0.2, 0.25) is 0 Å². The van der Waals surface area contributed by atoms with Gasteiger partial charge in [0.25, 0.3) is 0 Å². The third kappa shape index (κ3) is 1.20. The highest BCUT2D eigenvalue weighted by molar-refractivity contribution is 5.98. The molecule has 0 fully saturated rings.